The fourth-order valence-corrected chi connectivity index (χ4v) is 3.69. The molecule has 0 atom stereocenters. The van der Waals surface area contributed by atoms with Gasteiger partial charge in [-0.2, -0.15) is 0 Å². The highest BCUT2D eigenvalue weighted by Crippen LogP contribution is 2.39. The van der Waals surface area contributed by atoms with Crippen LogP contribution in [0, 0.1) is 17.3 Å². The molecule has 2 fully saturated rings. The van der Waals surface area contributed by atoms with Gasteiger partial charge in [-0.3, -0.25) is 4.79 Å². The molecule has 2 aliphatic rings. The topological polar surface area (TPSA) is 32.3 Å². The summed E-state index contributed by atoms with van der Waals surface area (Å²) in [6.07, 6.45) is 7.73. The first kappa shape index (κ1) is 15.8. The molecule has 1 saturated heterocycles. The molecular formula is C17H32N2O. The van der Waals surface area contributed by atoms with Gasteiger partial charge < -0.3 is 10.2 Å². The molecule has 116 valence electrons. The van der Waals surface area contributed by atoms with E-state index < -0.39 is 0 Å². The van der Waals surface area contributed by atoms with E-state index >= 15 is 0 Å². The van der Waals surface area contributed by atoms with Crippen molar-refractivity contribution >= 4 is 5.91 Å². The number of nitrogens with one attached hydrogen (secondary N) is 1. The van der Waals surface area contributed by atoms with Crippen LogP contribution >= 0.6 is 0 Å². The number of carbonyl (C=O) groups is 1. The molecule has 1 aliphatic heterocycles. The van der Waals surface area contributed by atoms with Crippen LogP contribution in [-0.2, 0) is 4.79 Å². The van der Waals surface area contributed by atoms with E-state index in [1.807, 2.05) is 4.90 Å². The highest BCUT2D eigenvalue weighted by atomic mass is 16.2. The molecule has 1 N–H and O–H groups in total. The minimum absolute atomic E-state index is 0.297. The van der Waals surface area contributed by atoms with E-state index in [0.717, 1.165) is 31.5 Å². The molecule has 0 bridgehead atoms. The zero-order valence-electron chi connectivity index (χ0n) is 13.6. The molecule has 0 unspecified atom stereocenters. The summed E-state index contributed by atoms with van der Waals surface area (Å²) >= 11 is 0. The Bertz CT molecular complexity index is 307. The summed E-state index contributed by atoms with van der Waals surface area (Å²) in [4.78, 5) is 13.9. The van der Waals surface area contributed by atoms with Crippen LogP contribution in [0.3, 0.4) is 0 Å². The Kier molecular flexibility index (Phi) is 5.48. The first-order chi connectivity index (χ1) is 9.47. The van der Waals surface area contributed by atoms with E-state index in [1.54, 1.807) is 0 Å². The second kappa shape index (κ2) is 6.93. The third kappa shape index (κ3) is 4.47. The van der Waals surface area contributed by atoms with Crippen LogP contribution in [0.25, 0.3) is 0 Å². The van der Waals surface area contributed by atoms with Crippen LogP contribution in [-0.4, -0.2) is 37.0 Å². The molecular weight excluding hydrogens is 248 g/mol. The lowest BCUT2D eigenvalue weighted by Gasteiger charge is -2.37. The van der Waals surface area contributed by atoms with Crippen LogP contribution in [0.15, 0.2) is 0 Å². The average Bonchev–Trinajstić information content (AvgIpc) is 2.92. The maximum absolute atomic E-state index is 11.9. The minimum atomic E-state index is 0.297. The van der Waals surface area contributed by atoms with Gasteiger partial charge in [0.1, 0.15) is 0 Å². The van der Waals surface area contributed by atoms with Crippen molar-refractivity contribution in [2.24, 2.45) is 17.3 Å². The normalized spacial score (nSPS) is 27.9. The zero-order valence-corrected chi connectivity index (χ0v) is 13.6. The second-order valence-electron chi connectivity index (χ2n) is 7.80. The number of hydrogen-bond acceptors (Lipinski definition) is 2. The fourth-order valence-electron chi connectivity index (χ4n) is 3.69. The Balaban J connectivity index is 1.60. The molecule has 1 amide bonds. The first-order valence-electron chi connectivity index (χ1n) is 8.45. The van der Waals surface area contributed by atoms with Gasteiger partial charge in [-0.15, -0.1) is 0 Å². The lowest BCUT2D eigenvalue weighted by Crippen LogP contribution is -2.38. The van der Waals surface area contributed by atoms with Crippen molar-refractivity contribution in [1.29, 1.82) is 0 Å². The molecule has 0 aromatic rings. The lowest BCUT2D eigenvalue weighted by atomic mass is 9.70. The number of amides is 1. The Hall–Kier alpha value is -0.570. The smallest absolute Gasteiger partial charge is 0.236 e. The van der Waals surface area contributed by atoms with Gasteiger partial charge in [-0.05, 0) is 62.3 Å². The van der Waals surface area contributed by atoms with Gasteiger partial charge in [0.2, 0.25) is 5.91 Å². The highest BCUT2D eigenvalue weighted by Gasteiger charge is 2.29. The number of nitrogens with zero attached hydrogens (tertiary/aromatic N) is 1. The van der Waals surface area contributed by atoms with Gasteiger partial charge in [-0.25, -0.2) is 0 Å². The fraction of sp³-hybridized carbons (Fsp3) is 0.941. The first-order valence-corrected chi connectivity index (χ1v) is 8.45. The van der Waals surface area contributed by atoms with Gasteiger partial charge in [0, 0.05) is 13.1 Å². The minimum Gasteiger partial charge on any atom is -0.342 e. The Labute approximate surface area is 124 Å². The standard InChI is InChI=1S/C17H32N2O/c1-17(2,3)15-8-6-14(7-9-15)12-18-13-16(20)19-10-4-5-11-19/h14-15,18H,4-13H2,1-3H3. The van der Waals surface area contributed by atoms with Crippen LogP contribution < -0.4 is 5.32 Å². The summed E-state index contributed by atoms with van der Waals surface area (Å²) in [5, 5.41) is 3.39. The van der Waals surface area contributed by atoms with Crippen molar-refractivity contribution < 1.29 is 4.79 Å². The number of rotatable bonds is 4. The van der Waals surface area contributed by atoms with E-state index in [1.165, 1.54) is 38.5 Å². The van der Waals surface area contributed by atoms with Crippen molar-refractivity contribution in [3.05, 3.63) is 0 Å². The summed E-state index contributed by atoms with van der Waals surface area (Å²) in [6, 6.07) is 0. The maximum atomic E-state index is 11.9. The Morgan fingerprint density at radius 2 is 1.70 bits per heavy atom. The summed E-state index contributed by atoms with van der Waals surface area (Å²) in [5.41, 5.74) is 0.462. The lowest BCUT2D eigenvalue weighted by molar-refractivity contribution is -0.129. The number of hydrogen-bond donors (Lipinski definition) is 1. The van der Waals surface area contributed by atoms with Crippen LogP contribution in [0.1, 0.15) is 59.3 Å². The molecule has 1 heterocycles. The molecule has 1 saturated carbocycles. The number of carbonyl (C=O) groups excluding carboxylic acids is 1. The summed E-state index contributed by atoms with van der Waals surface area (Å²) < 4.78 is 0. The maximum Gasteiger partial charge on any atom is 0.236 e. The van der Waals surface area contributed by atoms with Crippen LogP contribution in [0.4, 0.5) is 0 Å². The summed E-state index contributed by atoms with van der Waals surface area (Å²) in [7, 11) is 0. The highest BCUT2D eigenvalue weighted by molar-refractivity contribution is 5.78. The van der Waals surface area contributed by atoms with E-state index in [-0.39, 0.29) is 0 Å². The van der Waals surface area contributed by atoms with Gasteiger partial charge in [0.15, 0.2) is 0 Å². The molecule has 0 aromatic carbocycles. The molecule has 1 aliphatic carbocycles. The summed E-state index contributed by atoms with van der Waals surface area (Å²) in [5.74, 6) is 1.95. The third-order valence-electron chi connectivity index (χ3n) is 5.24. The van der Waals surface area contributed by atoms with Crippen molar-refractivity contribution in [3.8, 4) is 0 Å². The molecule has 0 spiro atoms. The largest absolute Gasteiger partial charge is 0.342 e. The quantitative estimate of drug-likeness (QED) is 0.858. The monoisotopic (exact) mass is 280 g/mol. The molecule has 20 heavy (non-hydrogen) atoms. The van der Waals surface area contributed by atoms with Gasteiger partial charge >= 0.3 is 0 Å². The predicted octanol–water partition coefficient (Wildman–Crippen LogP) is 3.05. The van der Waals surface area contributed by atoms with Crippen molar-refractivity contribution in [1.82, 2.24) is 10.2 Å². The third-order valence-corrected chi connectivity index (χ3v) is 5.24. The van der Waals surface area contributed by atoms with Crippen molar-refractivity contribution in [3.63, 3.8) is 0 Å². The zero-order chi connectivity index (χ0) is 14.6. The van der Waals surface area contributed by atoms with Crippen molar-refractivity contribution in [2.75, 3.05) is 26.2 Å². The van der Waals surface area contributed by atoms with Crippen LogP contribution in [0.5, 0.6) is 0 Å². The predicted molar refractivity (Wildman–Crippen MR) is 83.6 cm³/mol. The molecule has 3 heteroatoms. The summed E-state index contributed by atoms with van der Waals surface area (Å²) in [6.45, 7) is 10.6. The Morgan fingerprint density at radius 3 is 2.25 bits per heavy atom. The van der Waals surface area contributed by atoms with Crippen LogP contribution in [0.2, 0.25) is 0 Å². The van der Waals surface area contributed by atoms with Gasteiger partial charge in [0.05, 0.1) is 6.54 Å². The molecule has 3 nitrogen and oxygen atoms in total. The Morgan fingerprint density at radius 1 is 1.10 bits per heavy atom. The van der Waals surface area contributed by atoms with Gasteiger partial charge in [-0.1, -0.05) is 20.8 Å². The van der Waals surface area contributed by atoms with Crippen molar-refractivity contribution in [2.45, 2.75) is 59.3 Å². The second-order valence-corrected chi connectivity index (χ2v) is 7.80. The van der Waals surface area contributed by atoms with E-state index in [0.29, 0.717) is 17.9 Å². The number of likely N-dealkylation sites (tertiary alicyclic amines) is 1. The molecule has 2 rings (SSSR count). The van der Waals surface area contributed by atoms with Gasteiger partial charge in [0.25, 0.3) is 0 Å². The molecule has 0 aromatic heterocycles. The van der Waals surface area contributed by atoms with E-state index in [2.05, 4.69) is 26.1 Å². The van der Waals surface area contributed by atoms with E-state index in [4.69, 9.17) is 0 Å². The average molecular weight is 280 g/mol. The SMILES string of the molecule is CC(C)(C)C1CCC(CNCC(=O)N2CCCC2)CC1. The van der Waals surface area contributed by atoms with E-state index in [9.17, 15) is 4.79 Å². The molecule has 0 radical (unpaired) electrons.